The van der Waals surface area contributed by atoms with E-state index in [4.69, 9.17) is 11.6 Å². The second-order valence-corrected chi connectivity index (χ2v) is 7.16. The molecule has 2 fully saturated rings. The fraction of sp³-hybridized carbons (Fsp3) is 0.588. The number of nitrogens with one attached hydrogen (secondary N) is 2. The third-order valence-electron chi connectivity index (χ3n) is 4.36. The van der Waals surface area contributed by atoms with Crippen LogP contribution in [0.5, 0.6) is 0 Å². The molecule has 25 heavy (non-hydrogen) atoms. The minimum Gasteiger partial charge on any atom is -0.354 e. The van der Waals surface area contributed by atoms with Crippen LogP contribution in [0.1, 0.15) is 19.3 Å². The molecule has 136 valence electrons. The van der Waals surface area contributed by atoms with E-state index in [1.54, 1.807) is 25.2 Å². The molecule has 7 nitrogen and oxygen atoms in total. The number of rotatable bonds is 5. The second kappa shape index (κ2) is 7.91. The SMILES string of the molecule is CN(C)C(=O)CN=C(NC1CC1)NC1CCN(c2ncccc2Cl)C1. The predicted octanol–water partition coefficient (Wildman–Crippen LogP) is 1.10. The number of guanidine groups is 1. The zero-order valence-electron chi connectivity index (χ0n) is 14.7. The number of hydrogen-bond acceptors (Lipinski definition) is 4. The van der Waals surface area contributed by atoms with Gasteiger partial charge in [-0.3, -0.25) is 4.79 Å². The van der Waals surface area contributed by atoms with Gasteiger partial charge < -0.3 is 20.4 Å². The Labute approximate surface area is 153 Å². The van der Waals surface area contributed by atoms with Crippen LogP contribution in [0.15, 0.2) is 23.3 Å². The van der Waals surface area contributed by atoms with Crippen LogP contribution in [0, 0.1) is 0 Å². The molecule has 2 heterocycles. The highest BCUT2D eigenvalue weighted by molar-refractivity contribution is 6.32. The zero-order valence-corrected chi connectivity index (χ0v) is 15.5. The van der Waals surface area contributed by atoms with Gasteiger partial charge in [-0.05, 0) is 31.4 Å². The van der Waals surface area contributed by atoms with Gasteiger partial charge in [0.1, 0.15) is 12.4 Å². The first kappa shape index (κ1) is 17.8. The van der Waals surface area contributed by atoms with Crippen molar-refractivity contribution in [3.63, 3.8) is 0 Å². The van der Waals surface area contributed by atoms with Gasteiger partial charge in [0.15, 0.2) is 5.96 Å². The van der Waals surface area contributed by atoms with Gasteiger partial charge in [0, 0.05) is 45.5 Å². The van der Waals surface area contributed by atoms with Gasteiger partial charge in [0.25, 0.3) is 0 Å². The van der Waals surface area contributed by atoms with Gasteiger partial charge in [-0.2, -0.15) is 0 Å². The van der Waals surface area contributed by atoms with Crippen LogP contribution < -0.4 is 15.5 Å². The number of likely N-dealkylation sites (N-methyl/N-ethyl adjacent to an activating group) is 1. The van der Waals surface area contributed by atoms with E-state index in [2.05, 4.69) is 25.5 Å². The minimum absolute atomic E-state index is 0.00906. The first-order valence-corrected chi connectivity index (χ1v) is 9.04. The number of pyridine rings is 1. The van der Waals surface area contributed by atoms with Gasteiger partial charge in [-0.25, -0.2) is 9.98 Å². The number of carbonyl (C=O) groups is 1. The Morgan fingerprint density at radius 2 is 2.12 bits per heavy atom. The molecular weight excluding hydrogens is 340 g/mol. The van der Waals surface area contributed by atoms with Crippen LogP contribution in [0.2, 0.25) is 5.02 Å². The van der Waals surface area contributed by atoms with E-state index in [1.165, 1.54) is 0 Å². The number of carbonyl (C=O) groups excluding carboxylic acids is 1. The quantitative estimate of drug-likeness (QED) is 0.604. The molecule has 0 radical (unpaired) electrons. The summed E-state index contributed by atoms with van der Waals surface area (Å²) in [5, 5.41) is 7.51. The van der Waals surface area contributed by atoms with Crippen LogP contribution in [-0.2, 0) is 4.79 Å². The number of aliphatic imine (C=N–C) groups is 1. The van der Waals surface area contributed by atoms with Crippen LogP contribution in [0.3, 0.4) is 0 Å². The van der Waals surface area contributed by atoms with Crippen molar-refractivity contribution in [3.05, 3.63) is 23.4 Å². The summed E-state index contributed by atoms with van der Waals surface area (Å²) in [6.45, 7) is 1.85. The fourth-order valence-corrected chi connectivity index (χ4v) is 2.96. The van der Waals surface area contributed by atoms with Crippen molar-refractivity contribution in [2.75, 3.05) is 38.6 Å². The fourth-order valence-electron chi connectivity index (χ4n) is 2.72. The highest BCUT2D eigenvalue weighted by Crippen LogP contribution is 2.25. The lowest BCUT2D eigenvalue weighted by molar-refractivity contribution is -0.127. The van der Waals surface area contributed by atoms with Crippen molar-refractivity contribution in [1.29, 1.82) is 0 Å². The number of halogens is 1. The predicted molar refractivity (Wildman–Crippen MR) is 100 cm³/mol. The zero-order chi connectivity index (χ0) is 17.8. The first-order chi connectivity index (χ1) is 12.0. The molecule has 0 bridgehead atoms. The van der Waals surface area contributed by atoms with Crippen molar-refractivity contribution in [2.45, 2.75) is 31.3 Å². The largest absolute Gasteiger partial charge is 0.354 e. The van der Waals surface area contributed by atoms with Gasteiger partial charge in [0.05, 0.1) is 5.02 Å². The smallest absolute Gasteiger partial charge is 0.243 e. The van der Waals surface area contributed by atoms with Crippen molar-refractivity contribution >= 4 is 29.3 Å². The normalized spacial score (nSPS) is 20.5. The molecule has 1 aliphatic carbocycles. The number of hydrogen-bond donors (Lipinski definition) is 2. The molecule has 1 aliphatic heterocycles. The summed E-state index contributed by atoms with van der Waals surface area (Å²) in [6.07, 6.45) is 5.04. The number of amides is 1. The van der Waals surface area contributed by atoms with E-state index in [0.29, 0.717) is 11.1 Å². The van der Waals surface area contributed by atoms with Crippen molar-refractivity contribution in [3.8, 4) is 0 Å². The maximum Gasteiger partial charge on any atom is 0.243 e. The van der Waals surface area contributed by atoms with Crippen LogP contribution >= 0.6 is 11.6 Å². The van der Waals surface area contributed by atoms with E-state index >= 15 is 0 Å². The second-order valence-electron chi connectivity index (χ2n) is 6.76. The highest BCUT2D eigenvalue weighted by atomic mass is 35.5. The van der Waals surface area contributed by atoms with E-state index in [-0.39, 0.29) is 18.5 Å². The van der Waals surface area contributed by atoms with E-state index < -0.39 is 0 Å². The van der Waals surface area contributed by atoms with Crippen molar-refractivity contribution < 1.29 is 4.79 Å². The Balaban J connectivity index is 1.59. The molecule has 8 heteroatoms. The van der Waals surface area contributed by atoms with Gasteiger partial charge in [-0.15, -0.1) is 0 Å². The Morgan fingerprint density at radius 1 is 1.36 bits per heavy atom. The summed E-state index contributed by atoms with van der Waals surface area (Å²) in [5.41, 5.74) is 0. The number of nitrogens with zero attached hydrogens (tertiary/aromatic N) is 4. The van der Waals surface area contributed by atoms with Crippen molar-refractivity contribution in [1.82, 2.24) is 20.5 Å². The standard InChI is InChI=1S/C17H25ClN6O/c1-23(2)15(25)10-20-17(21-12-5-6-12)22-13-7-9-24(11-13)16-14(18)4-3-8-19-16/h3-4,8,12-13H,5-7,9-11H2,1-2H3,(H2,20,21,22). The Hall–Kier alpha value is -2.02. The summed E-state index contributed by atoms with van der Waals surface area (Å²) >= 11 is 6.25. The average Bonchev–Trinajstić information content (AvgIpc) is 3.28. The minimum atomic E-state index is -0.00906. The maximum atomic E-state index is 11.8. The number of anilines is 1. The topological polar surface area (TPSA) is 72.9 Å². The molecule has 1 aromatic rings. The molecule has 1 saturated carbocycles. The summed E-state index contributed by atoms with van der Waals surface area (Å²) in [6, 6.07) is 4.42. The van der Waals surface area contributed by atoms with Crippen LogP contribution in [0.25, 0.3) is 0 Å². The van der Waals surface area contributed by atoms with Gasteiger partial charge in [-0.1, -0.05) is 11.6 Å². The summed E-state index contributed by atoms with van der Waals surface area (Å²) in [7, 11) is 3.48. The first-order valence-electron chi connectivity index (χ1n) is 8.66. The van der Waals surface area contributed by atoms with E-state index in [1.807, 2.05) is 12.1 Å². The Morgan fingerprint density at radius 3 is 2.80 bits per heavy atom. The summed E-state index contributed by atoms with van der Waals surface area (Å²) in [4.78, 5) is 24.4. The molecule has 3 rings (SSSR count). The maximum absolute atomic E-state index is 11.8. The lowest BCUT2D eigenvalue weighted by atomic mass is 10.3. The molecule has 1 amide bonds. The molecule has 2 aliphatic rings. The lowest BCUT2D eigenvalue weighted by Gasteiger charge is -2.20. The molecule has 0 spiro atoms. The van der Waals surface area contributed by atoms with Gasteiger partial charge in [0.2, 0.25) is 5.91 Å². The molecule has 1 aromatic heterocycles. The number of aromatic nitrogens is 1. The molecule has 1 saturated heterocycles. The van der Waals surface area contributed by atoms with E-state index in [9.17, 15) is 4.79 Å². The van der Waals surface area contributed by atoms with Crippen LogP contribution in [-0.4, -0.2) is 67.6 Å². The third-order valence-corrected chi connectivity index (χ3v) is 4.65. The molecule has 2 N–H and O–H groups in total. The summed E-state index contributed by atoms with van der Waals surface area (Å²) < 4.78 is 0. The average molecular weight is 365 g/mol. The third kappa shape index (κ3) is 4.98. The summed E-state index contributed by atoms with van der Waals surface area (Å²) in [5.74, 6) is 1.53. The monoisotopic (exact) mass is 364 g/mol. The molecule has 0 aromatic carbocycles. The van der Waals surface area contributed by atoms with Crippen LogP contribution in [0.4, 0.5) is 5.82 Å². The van der Waals surface area contributed by atoms with Gasteiger partial charge >= 0.3 is 0 Å². The molecule has 1 unspecified atom stereocenters. The Bertz CT molecular complexity index is 646. The Kier molecular flexibility index (Phi) is 5.63. The highest BCUT2D eigenvalue weighted by Gasteiger charge is 2.28. The lowest BCUT2D eigenvalue weighted by Crippen LogP contribution is -2.46. The molecular formula is C17H25ClN6O. The van der Waals surface area contributed by atoms with Crippen molar-refractivity contribution in [2.24, 2.45) is 4.99 Å². The van der Waals surface area contributed by atoms with E-state index in [0.717, 1.165) is 44.1 Å². The molecule has 1 atom stereocenters.